The topological polar surface area (TPSA) is 55.9 Å². The van der Waals surface area contributed by atoms with Gasteiger partial charge in [0.15, 0.2) is 0 Å². The lowest BCUT2D eigenvalue weighted by molar-refractivity contribution is 0.517. The van der Waals surface area contributed by atoms with E-state index in [2.05, 4.69) is 24.3 Å². The third-order valence-corrected chi connectivity index (χ3v) is 3.81. The molecule has 0 saturated heterocycles. The van der Waals surface area contributed by atoms with E-state index in [4.69, 9.17) is 5.73 Å². The molecule has 1 fully saturated rings. The third kappa shape index (κ3) is 1.88. The summed E-state index contributed by atoms with van der Waals surface area (Å²) in [6.45, 7) is 8.20. The third-order valence-electron chi connectivity index (χ3n) is 3.81. The number of hydrogen-bond acceptors (Lipinski definition) is 3. The van der Waals surface area contributed by atoms with Crippen molar-refractivity contribution in [2.24, 2.45) is 5.41 Å². The van der Waals surface area contributed by atoms with Crippen molar-refractivity contribution in [1.29, 1.82) is 0 Å². The van der Waals surface area contributed by atoms with E-state index in [-0.39, 0.29) is 0 Å². The summed E-state index contributed by atoms with van der Waals surface area (Å²) < 4.78 is 1.95. The second-order valence-corrected chi connectivity index (χ2v) is 4.87. The van der Waals surface area contributed by atoms with Crippen molar-refractivity contribution in [2.75, 3.05) is 17.6 Å². The van der Waals surface area contributed by atoms with Gasteiger partial charge in [-0.25, -0.2) is 4.68 Å². The Morgan fingerprint density at radius 2 is 2.12 bits per heavy atom. The number of nitrogens with one attached hydrogen (secondary N) is 1. The Morgan fingerprint density at radius 1 is 1.44 bits per heavy atom. The van der Waals surface area contributed by atoms with Crippen LogP contribution in [0.5, 0.6) is 0 Å². The largest absolute Gasteiger partial charge is 0.394 e. The molecule has 4 nitrogen and oxygen atoms in total. The molecular formula is C12H22N4. The number of aromatic nitrogens is 2. The SMILES string of the molecule is CCn1nc(C)c(N)c1NCC1(CC)CC1. The van der Waals surface area contributed by atoms with Crippen LogP contribution in [0.1, 0.15) is 38.8 Å². The minimum Gasteiger partial charge on any atom is -0.394 e. The zero-order valence-corrected chi connectivity index (χ0v) is 10.5. The van der Waals surface area contributed by atoms with Crippen molar-refractivity contribution in [3.05, 3.63) is 5.69 Å². The highest BCUT2D eigenvalue weighted by Crippen LogP contribution is 2.48. The Labute approximate surface area is 97.2 Å². The van der Waals surface area contributed by atoms with Crippen molar-refractivity contribution in [3.8, 4) is 0 Å². The first-order valence-corrected chi connectivity index (χ1v) is 6.18. The maximum Gasteiger partial charge on any atom is 0.148 e. The number of nitrogen functional groups attached to an aromatic ring is 1. The van der Waals surface area contributed by atoms with Crippen molar-refractivity contribution in [1.82, 2.24) is 9.78 Å². The van der Waals surface area contributed by atoms with E-state index in [1.54, 1.807) is 0 Å². The Bertz CT molecular complexity index is 377. The first kappa shape index (κ1) is 11.3. The molecule has 0 aliphatic heterocycles. The molecule has 3 N–H and O–H groups in total. The number of nitrogens with zero attached hydrogens (tertiary/aromatic N) is 2. The molecule has 0 bridgehead atoms. The summed E-state index contributed by atoms with van der Waals surface area (Å²) >= 11 is 0. The van der Waals surface area contributed by atoms with Crippen LogP contribution < -0.4 is 11.1 Å². The van der Waals surface area contributed by atoms with E-state index in [9.17, 15) is 0 Å². The standard InChI is InChI=1S/C12H22N4/c1-4-12(6-7-12)8-14-11-10(13)9(3)15-16(11)5-2/h14H,4-8,13H2,1-3H3. The lowest BCUT2D eigenvalue weighted by atomic mass is 10.0. The van der Waals surface area contributed by atoms with E-state index in [1.165, 1.54) is 19.3 Å². The molecule has 0 amide bonds. The van der Waals surface area contributed by atoms with Gasteiger partial charge >= 0.3 is 0 Å². The Morgan fingerprint density at radius 3 is 2.62 bits per heavy atom. The average Bonchev–Trinajstić information content (AvgIpc) is 3.02. The molecule has 16 heavy (non-hydrogen) atoms. The van der Waals surface area contributed by atoms with Crippen LogP contribution in [0.2, 0.25) is 0 Å². The summed E-state index contributed by atoms with van der Waals surface area (Å²) in [5, 5.41) is 7.89. The van der Waals surface area contributed by atoms with Crippen molar-refractivity contribution in [3.63, 3.8) is 0 Å². The van der Waals surface area contributed by atoms with Crippen molar-refractivity contribution in [2.45, 2.75) is 46.6 Å². The molecule has 1 aliphatic carbocycles. The molecule has 1 saturated carbocycles. The molecule has 0 radical (unpaired) electrons. The van der Waals surface area contributed by atoms with Crippen LogP contribution in [0, 0.1) is 12.3 Å². The van der Waals surface area contributed by atoms with Crippen LogP contribution in [-0.2, 0) is 6.54 Å². The van der Waals surface area contributed by atoms with Crippen LogP contribution >= 0.6 is 0 Å². The Hall–Kier alpha value is -1.19. The smallest absolute Gasteiger partial charge is 0.148 e. The number of aryl methyl sites for hydroxylation is 2. The molecule has 1 aromatic rings. The molecule has 1 aliphatic rings. The van der Waals surface area contributed by atoms with Gasteiger partial charge in [0.05, 0.1) is 11.4 Å². The van der Waals surface area contributed by atoms with Gasteiger partial charge in [0.1, 0.15) is 5.82 Å². The molecule has 0 spiro atoms. The molecule has 1 aromatic heterocycles. The maximum atomic E-state index is 6.02. The van der Waals surface area contributed by atoms with Crippen molar-refractivity contribution < 1.29 is 0 Å². The first-order valence-electron chi connectivity index (χ1n) is 6.18. The molecule has 0 unspecified atom stereocenters. The zero-order chi connectivity index (χ0) is 11.8. The fourth-order valence-electron chi connectivity index (χ4n) is 2.11. The van der Waals surface area contributed by atoms with Gasteiger partial charge in [0.2, 0.25) is 0 Å². The summed E-state index contributed by atoms with van der Waals surface area (Å²) in [5.74, 6) is 1.000. The second kappa shape index (κ2) is 4.00. The van der Waals surface area contributed by atoms with Crippen LogP contribution in [0.25, 0.3) is 0 Å². The second-order valence-electron chi connectivity index (χ2n) is 4.87. The fourth-order valence-corrected chi connectivity index (χ4v) is 2.11. The molecular weight excluding hydrogens is 200 g/mol. The summed E-state index contributed by atoms with van der Waals surface area (Å²) in [5.41, 5.74) is 8.28. The van der Waals surface area contributed by atoms with E-state index in [1.807, 2.05) is 11.6 Å². The average molecular weight is 222 g/mol. The number of rotatable bonds is 5. The van der Waals surface area contributed by atoms with E-state index in [0.29, 0.717) is 5.41 Å². The van der Waals surface area contributed by atoms with Gasteiger partial charge in [0.25, 0.3) is 0 Å². The van der Waals surface area contributed by atoms with Crippen LogP contribution in [-0.4, -0.2) is 16.3 Å². The summed E-state index contributed by atoms with van der Waals surface area (Å²) in [6, 6.07) is 0. The monoisotopic (exact) mass is 222 g/mol. The minimum atomic E-state index is 0.531. The predicted octanol–water partition coefficient (Wildman–Crippen LogP) is 2.40. The molecule has 0 aromatic carbocycles. The predicted molar refractivity (Wildman–Crippen MR) is 67.5 cm³/mol. The van der Waals surface area contributed by atoms with Gasteiger partial charge < -0.3 is 11.1 Å². The summed E-state index contributed by atoms with van der Waals surface area (Å²) in [6.07, 6.45) is 3.93. The highest BCUT2D eigenvalue weighted by molar-refractivity contribution is 5.64. The zero-order valence-electron chi connectivity index (χ0n) is 10.5. The highest BCUT2D eigenvalue weighted by Gasteiger charge is 2.40. The van der Waals surface area contributed by atoms with Crippen LogP contribution in [0.4, 0.5) is 11.5 Å². The van der Waals surface area contributed by atoms with E-state index < -0.39 is 0 Å². The summed E-state index contributed by atoms with van der Waals surface area (Å²) in [4.78, 5) is 0. The lowest BCUT2D eigenvalue weighted by Gasteiger charge is -2.15. The van der Waals surface area contributed by atoms with E-state index in [0.717, 1.165) is 30.3 Å². The molecule has 0 atom stereocenters. The number of nitrogens with two attached hydrogens (primary N) is 1. The number of anilines is 2. The molecule has 90 valence electrons. The molecule has 2 rings (SSSR count). The Kier molecular flexibility index (Phi) is 2.82. The van der Waals surface area contributed by atoms with Gasteiger partial charge in [-0.05, 0) is 38.5 Å². The Balaban J connectivity index is 2.08. The normalized spacial score (nSPS) is 17.4. The van der Waals surface area contributed by atoms with Crippen molar-refractivity contribution >= 4 is 11.5 Å². The lowest BCUT2D eigenvalue weighted by Crippen LogP contribution is -2.17. The van der Waals surface area contributed by atoms with Gasteiger partial charge in [-0.3, -0.25) is 0 Å². The molecule has 4 heteroatoms. The minimum absolute atomic E-state index is 0.531. The van der Waals surface area contributed by atoms with Crippen LogP contribution in [0.3, 0.4) is 0 Å². The number of hydrogen-bond donors (Lipinski definition) is 2. The summed E-state index contributed by atoms with van der Waals surface area (Å²) in [7, 11) is 0. The highest BCUT2D eigenvalue weighted by atomic mass is 15.3. The van der Waals surface area contributed by atoms with Gasteiger partial charge in [0, 0.05) is 13.1 Å². The van der Waals surface area contributed by atoms with E-state index >= 15 is 0 Å². The molecule has 1 heterocycles. The fraction of sp³-hybridized carbons (Fsp3) is 0.750. The van der Waals surface area contributed by atoms with Gasteiger partial charge in [-0.2, -0.15) is 5.10 Å². The first-order chi connectivity index (χ1) is 7.62. The quantitative estimate of drug-likeness (QED) is 0.804. The van der Waals surface area contributed by atoms with Gasteiger partial charge in [-0.15, -0.1) is 0 Å². The van der Waals surface area contributed by atoms with Gasteiger partial charge in [-0.1, -0.05) is 6.92 Å². The maximum absolute atomic E-state index is 6.02. The van der Waals surface area contributed by atoms with Crippen LogP contribution in [0.15, 0.2) is 0 Å².